The molecular weight excluding hydrogens is 392 g/mol. The lowest BCUT2D eigenvalue weighted by molar-refractivity contribution is 0.0627. The van der Waals surface area contributed by atoms with Gasteiger partial charge in [0.1, 0.15) is 5.56 Å². The highest BCUT2D eigenvalue weighted by Gasteiger charge is 2.29. The van der Waals surface area contributed by atoms with Gasteiger partial charge in [0.25, 0.3) is 5.91 Å². The molecule has 2 aromatic heterocycles. The number of aromatic amines is 1. The molecule has 0 atom stereocenters. The van der Waals surface area contributed by atoms with Crippen molar-refractivity contribution in [1.82, 2.24) is 19.4 Å². The van der Waals surface area contributed by atoms with Gasteiger partial charge in [0.2, 0.25) is 5.88 Å². The maximum atomic E-state index is 13.0. The van der Waals surface area contributed by atoms with Crippen molar-refractivity contribution in [3.8, 4) is 11.6 Å². The fraction of sp³-hybridized carbons (Fsp3) is 0.375. The van der Waals surface area contributed by atoms with Crippen LogP contribution >= 0.6 is 0 Å². The Labute approximate surface area is 182 Å². The van der Waals surface area contributed by atoms with Crippen molar-refractivity contribution < 1.29 is 15.0 Å². The highest BCUT2D eigenvalue weighted by atomic mass is 16.3. The third-order valence-corrected chi connectivity index (χ3v) is 6.18. The summed E-state index contributed by atoms with van der Waals surface area (Å²) in [6.07, 6.45) is 0.416. The van der Waals surface area contributed by atoms with Crippen LogP contribution in [0.25, 0.3) is 0 Å². The molecule has 1 amide bonds. The second-order valence-corrected chi connectivity index (χ2v) is 8.24. The Hall–Kier alpha value is -3.19. The van der Waals surface area contributed by atoms with E-state index in [0.29, 0.717) is 25.2 Å². The summed E-state index contributed by atoms with van der Waals surface area (Å²) >= 11 is 0. The van der Waals surface area contributed by atoms with Crippen molar-refractivity contribution >= 4 is 5.91 Å². The van der Waals surface area contributed by atoms with E-state index in [4.69, 9.17) is 0 Å². The Balaban J connectivity index is 1.36. The number of nitrogens with one attached hydrogen (secondary N) is 1. The molecule has 1 aliphatic heterocycles. The van der Waals surface area contributed by atoms with E-state index in [1.165, 1.54) is 11.4 Å². The van der Waals surface area contributed by atoms with E-state index in [-0.39, 0.29) is 23.1 Å². The molecular formula is C24H30N4O3. The average molecular weight is 423 g/mol. The highest BCUT2D eigenvalue weighted by Crippen LogP contribution is 2.33. The first kappa shape index (κ1) is 21.1. The topological polar surface area (TPSA) is 84.7 Å². The number of amides is 1. The van der Waals surface area contributed by atoms with Crippen molar-refractivity contribution in [2.75, 3.05) is 32.7 Å². The molecule has 0 saturated carbocycles. The van der Waals surface area contributed by atoms with Crippen molar-refractivity contribution in [2.45, 2.75) is 26.8 Å². The Morgan fingerprint density at radius 1 is 0.935 bits per heavy atom. The summed E-state index contributed by atoms with van der Waals surface area (Å²) in [5, 5.41) is 20.9. The molecule has 3 aromatic rings. The number of rotatable bonds is 6. The predicted molar refractivity (Wildman–Crippen MR) is 120 cm³/mol. The monoisotopic (exact) mass is 422 g/mol. The highest BCUT2D eigenvalue weighted by molar-refractivity contribution is 5.99. The molecule has 0 unspecified atom stereocenters. The quantitative estimate of drug-likeness (QED) is 0.570. The van der Waals surface area contributed by atoms with Crippen molar-refractivity contribution in [1.29, 1.82) is 0 Å². The molecule has 0 spiro atoms. The molecule has 1 fully saturated rings. The molecule has 4 rings (SSSR count). The lowest BCUT2D eigenvalue weighted by Crippen LogP contribution is -2.49. The Morgan fingerprint density at radius 2 is 1.58 bits per heavy atom. The van der Waals surface area contributed by atoms with E-state index in [9.17, 15) is 15.0 Å². The molecule has 0 bridgehead atoms. The zero-order valence-corrected chi connectivity index (χ0v) is 18.1. The van der Waals surface area contributed by atoms with Crippen LogP contribution < -0.4 is 0 Å². The molecule has 3 N–H and O–H groups in total. The smallest absolute Gasteiger partial charge is 0.263 e. The first-order valence-corrected chi connectivity index (χ1v) is 10.7. The molecule has 1 aliphatic rings. The van der Waals surface area contributed by atoms with E-state index in [1.54, 1.807) is 4.90 Å². The largest absolute Gasteiger partial charge is 0.505 e. The lowest BCUT2D eigenvalue weighted by atomic mass is 10.1. The van der Waals surface area contributed by atoms with Crippen LogP contribution in [0.3, 0.4) is 0 Å². The normalized spacial score (nSPS) is 14.8. The zero-order chi connectivity index (χ0) is 22.0. The molecule has 0 radical (unpaired) electrons. The summed E-state index contributed by atoms with van der Waals surface area (Å²) in [4.78, 5) is 19.8. The van der Waals surface area contributed by atoms with Gasteiger partial charge in [0.15, 0.2) is 5.75 Å². The van der Waals surface area contributed by atoms with Gasteiger partial charge in [-0.05, 0) is 31.5 Å². The summed E-state index contributed by atoms with van der Waals surface area (Å²) in [6, 6.07) is 13.9. The van der Waals surface area contributed by atoms with Crippen LogP contribution in [0.2, 0.25) is 0 Å². The van der Waals surface area contributed by atoms with Gasteiger partial charge in [0.05, 0.1) is 5.69 Å². The minimum atomic E-state index is -0.331. The van der Waals surface area contributed by atoms with Crippen LogP contribution in [0.1, 0.15) is 33.0 Å². The molecule has 31 heavy (non-hydrogen) atoms. The molecule has 1 saturated heterocycles. The summed E-state index contributed by atoms with van der Waals surface area (Å²) in [7, 11) is 0. The fourth-order valence-electron chi connectivity index (χ4n) is 4.28. The third kappa shape index (κ3) is 4.46. The van der Waals surface area contributed by atoms with Gasteiger partial charge in [0, 0.05) is 57.1 Å². The maximum Gasteiger partial charge on any atom is 0.263 e. The number of carbonyl (C=O) groups excluding carboxylic acids is 1. The van der Waals surface area contributed by atoms with Crippen LogP contribution in [-0.4, -0.2) is 68.2 Å². The van der Waals surface area contributed by atoms with Crippen LogP contribution in [-0.2, 0) is 13.0 Å². The third-order valence-electron chi connectivity index (χ3n) is 6.18. The number of aromatic nitrogens is 2. The summed E-state index contributed by atoms with van der Waals surface area (Å²) in [5.74, 6) is -0.760. The lowest BCUT2D eigenvalue weighted by Gasteiger charge is -2.34. The SMILES string of the molecule is Cc1ccc(C)n1CCN1CCN(C(=O)c2c(O)[nH]c(Cc3ccccc3)c2O)CC1. The Bertz CT molecular complexity index is 1030. The zero-order valence-electron chi connectivity index (χ0n) is 18.1. The number of aryl methyl sites for hydroxylation is 2. The Kier molecular flexibility index (Phi) is 6.04. The van der Waals surface area contributed by atoms with Crippen LogP contribution in [0.15, 0.2) is 42.5 Å². The standard InChI is InChI=1S/C24H30N4O3/c1-17-8-9-18(2)28(17)15-12-26-10-13-27(14-11-26)24(31)21-22(29)20(25-23(21)30)16-19-6-4-3-5-7-19/h3-9,25,29-30H,10-16H2,1-2H3. The maximum absolute atomic E-state index is 13.0. The van der Waals surface area contributed by atoms with E-state index in [1.807, 2.05) is 30.3 Å². The number of piperazine rings is 1. The van der Waals surface area contributed by atoms with Gasteiger partial charge < -0.3 is 24.7 Å². The minimum Gasteiger partial charge on any atom is -0.505 e. The summed E-state index contributed by atoms with van der Waals surface area (Å²) in [6.45, 7) is 8.78. The number of H-pyrrole nitrogens is 1. The second kappa shape index (κ2) is 8.89. The number of benzene rings is 1. The van der Waals surface area contributed by atoms with E-state index >= 15 is 0 Å². The van der Waals surface area contributed by atoms with Gasteiger partial charge in [-0.1, -0.05) is 30.3 Å². The number of carbonyl (C=O) groups is 1. The Morgan fingerprint density at radius 3 is 2.23 bits per heavy atom. The molecule has 0 aliphatic carbocycles. The molecule has 164 valence electrons. The van der Waals surface area contributed by atoms with E-state index in [0.717, 1.165) is 31.7 Å². The van der Waals surface area contributed by atoms with Crippen molar-refractivity contribution in [3.63, 3.8) is 0 Å². The summed E-state index contributed by atoms with van der Waals surface area (Å²) in [5.41, 5.74) is 3.92. The van der Waals surface area contributed by atoms with Gasteiger partial charge >= 0.3 is 0 Å². The average Bonchev–Trinajstić information content (AvgIpc) is 3.24. The molecule has 1 aromatic carbocycles. The minimum absolute atomic E-state index is 0.0297. The molecule has 7 heteroatoms. The van der Waals surface area contributed by atoms with Gasteiger partial charge in [-0.15, -0.1) is 0 Å². The summed E-state index contributed by atoms with van der Waals surface area (Å²) < 4.78 is 2.31. The first-order valence-electron chi connectivity index (χ1n) is 10.7. The number of aromatic hydroxyl groups is 2. The van der Waals surface area contributed by atoms with Crippen molar-refractivity contribution in [2.24, 2.45) is 0 Å². The van der Waals surface area contributed by atoms with Crippen LogP contribution in [0.5, 0.6) is 11.6 Å². The predicted octanol–water partition coefficient (Wildman–Crippen LogP) is 2.89. The molecule has 3 heterocycles. The number of hydrogen-bond acceptors (Lipinski definition) is 4. The molecule has 7 nitrogen and oxygen atoms in total. The first-order chi connectivity index (χ1) is 14.9. The second-order valence-electron chi connectivity index (χ2n) is 8.24. The van der Waals surface area contributed by atoms with E-state index in [2.05, 4.69) is 40.4 Å². The number of hydrogen-bond donors (Lipinski definition) is 3. The van der Waals surface area contributed by atoms with Gasteiger partial charge in [-0.25, -0.2) is 0 Å². The fourth-order valence-corrected chi connectivity index (χ4v) is 4.28. The van der Waals surface area contributed by atoms with Crippen molar-refractivity contribution in [3.05, 3.63) is 70.7 Å². The van der Waals surface area contributed by atoms with Gasteiger partial charge in [-0.3, -0.25) is 9.69 Å². The van der Waals surface area contributed by atoms with Crippen LogP contribution in [0.4, 0.5) is 0 Å². The van der Waals surface area contributed by atoms with Crippen LogP contribution in [0, 0.1) is 13.8 Å². The van der Waals surface area contributed by atoms with Gasteiger partial charge in [-0.2, -0.15) is 0 Å². The van der Waals surface area contributed by atoms with E-state index < -0.39 is 0 Å². The number of nitrogens with zero attached hydrogens (tertiary/aromatic N) is 3.